The van der Waals surface area contributed by atoms with Crippen LogP contribution in [0.1, 0.15) is 41.2 Å². The molecule has 6 nitrogen and oxygen atoms in total. The minimum Gasteiger partial charge on any atom is -0.451 e. The third-order valence-electron chi connectivity index (χ3n) is 5.68. The molecule has 0 bridgehead atoms. The number of aryl methyl sites for hydroxylation is 2. The Bertz CT molecular complexity index is 1310. The number of nitrogens with one attached hydrogen (secondary N) is 1. The van der Waals surface area contributed by atoms with E-state index in [4.69, 9.17) is 16.0 Å². The van der Waals surface area contributed by atoms with Crippen LogP contribution in [-0.4, -0.2) is 20.7 Å². The number of carbonyl (C=O) groups is 1. The Labute approximate surface area is 183 Å². The first kappa shape index (κ1) is 19.8. The molecule has 0 spiro atoms. The quantitative estimate of drug-likeness (QED) is 0.440. The molecule has 4 aromatic rings. The molecule has 0 saturated heterocycles. The predicted octanol–water partition coefficient (Wildman–Crippen LogP) is 5.77. The van der Waals surface area contributed by atoms with E-state index in [0.29, 0.717) is 38.6 Å². The Kier molecular flexibility index (Phi) is 4.98. The van der Waals surface area contributed by atoms with Crippen molar-refractivity contribution in [2.24, 2.45) is 0 Å². The van der Waals surface area contributed by atoms with E-state index >= 15 is 0 Å². The van der Waals surface area contributed by atoms with Crippen molar-refractivity contribution >= 4 is 34.2 Å². The third-order valence-corrected chi connectivity index (χ3v) is 6.01. The lowest BCUT2D eigenvalue weighted by molar-refractivity contribution is 0.0998. The van der Waals surface area contributed by atoms with Crippen LogP contribution in [0.15, 0.2) is 40.8 Å². The van der Waals surface area contributed by atoms with Gasteiger partial charge in [0, 0.05) is 35.2 Å². The fraction of sp³-hybridized carbons (Fsp3) is 0.261. The second kappa shape index (κ2) is 7.81. The van der Waals surface area contributed by atoms with Crippen molar-refractivity contribution in [3.05, 3.63) is 64.4 Å². The summed E-state index contributed by atoms with van der Waals surface area (Å²) in [5.74, 6) is 1.02. The monoisotopic (exact) mass is 438 g/mol. The Morgan fingerprint density at radius 2 is 2.03 bits per heavy atom. The summed E-state index contributed by atoms with van der Waals surface area (Å²) in [4.78, 5) is 12.9. The summed E-state index contributed by atoms with van der Waals surface area (Å²) in [7, 11) is 0. The molecule has 1 N–H and O–H groups in total. The van der Waals surface area contributed by atoms with E-state index in [0.717, 1.165) is 38.1 Å². The SMILES string of the molecule is Cc1c(C(=O)Nc2ccc(Cl)c(-c3nnc4n3CCCCC4)c2)oc2ccc(F)cc12. The maximum absolute atomic E-state index is 13.6. The van der Waals surface area contributed by atoms with Crippen molar-refractivity contribution in [2.75, 3.05) is 5.32 Å². The van der Waals surface area contributed by atoms with E-state index in [1.54, 1.807) is 25.1 Å². The zero-order valence-electron chi connectivity index (χ0n) is 16.9. The summed E-state index contributed by atoms with van der Waals surface area (Å²) in [6.45, 7) is 2.58. The summed E-state index contributed by atoms with van der Waals surface area (Å²) in [6, 6.07) is 9.43. The number of anilines is 1. The van der Waals surface area contributed by atoms with Gasteiger partial charge >= 0.3 is 0 Å². The summed E-state index contributed by atoms with van der Waals surface area (Å²) in [6.07, 6.45) is 4.22. The molecule has 0 aliphatic carbocycles. The average Bonchev–Trinajstić information content (AvgIpc) is 3.21. The zero-order valence-corrected chi connectivity index (χ0v) is 17.7. The van der Waals surface area contributed by atoms with Crippen molar-refractivity contribution in [2.45, 2.75) is 39.2 Å². The number of amides is 1. The standard InChI is InChI=1S/C23H20ClFN4O2/c1-13-16-11-14(25)6-9-19(16)31-21(13)23(30)26-15-7-8-18(24)17(12-15)22-28-27-20-5-3-2-4-10-29(20)22/h6-9,11-12H,2-5,10H2,1H3,(H,26,30). The Balaban J connectivity index is 1.47. The molecule has 0 saturated carbocycles. The van der Waals surface area contributed by atoms with Crippen LogP contribution in [0, 0.1) is 12.7 Å². The van der Waals surface area contributed by atoms with Gasteiger partial charge in [-0.15, -0.1) is 10.2 Å². The molecular weight excluding hydrogens is 419 g/mol. The molecule has 0 fully saturated rings. The zero-order chi connectivity index (χ0) is 21.5. The van der Waals surface area contributed by atoms with Crippen molar-refractivity contribution in [3.63, 3.8) is 0 Å². The molecule has 3 heterocycles. The Morgan fingerprint density at radius 3 is 2.90 bits per heavy atom. The van der Waals surface area contributed by atoms with E-state index in [1.807, 2.05) is 0 Å². The first-order valence-corrected chi connectivity index (χ1v) is 10.6. The van der Waals surface area contributed by atoms with Gasteiger partial charge in [0.1, 0.15) is 17.2 Å². The molecule has 0 atom stereocenters. The molecular formula is C23H20ClFN4O2. The fourth-order valence-corrected chi connectivity index (χ4v) is 4.26. The number of halogens is 2. The maximum atomic E-state index is 13.6. The van der Waals surface area contributed by atoms with E-state index in [9.17, 15) is 9.18 Å². The highest BCUT2D eigenvalue weighted by molar-refractivity contribution is 6.33. The van der Waals surface area contributed by atoms with Crippen LogP contribution in [0.2, 0.25) is 5.02 Å². The molecule has 2 aromatic heterocycles. The number of hydrogen-bond acceptors (Lipinski definition) is 4. The van der Waals surface area contributed by atoms with Crippen LogP contribution in [0.3, 0.4) is 0 Å². The lowest BCUT2D eigenvalue weighted by Crippen LogP contribution is -2.12. The Morgan fingerprint density at radius 1 is 1.16 bits per heavy atom. The van der Waals surface area contributed by atoms with Gasteiger partial charge in [0.15, 0.2) is 11.6 Å². The number of rotatable bonds is 3. The molecule has 1 aliphatic rings. The van der Waals surface area contributed by atoms with Crippen LogP contribution in [0.25, 0.3) is 22.4 Å². The number of carbonyl (C=O) groups excluding carboxylic acids is 1. The van der Waals surface area contributed by atoms with Crippen molar-refractivity contribution in [1.82, 2.24) is 14.8 Å². The third kappa shape index (κ3) is 3.59. The molecule has 1 aliphatic heterocycles. The number of hydrogen-bond donors (Lipinski definition) is 1. The number of nitrogens with zero attached hydrogens (tertiary/aromatic N) is 3. The summed E-state index contributed by atoms with van der Waals surface area (Å²) in [5.41, 5.74) is 2.32. The minimum atomic E-state index is -0.414. The highest BCUT2D eigenvalue weighted by Gasteiger charge is 2.21. The van der Waals surface area contributed by atoms with Gasteiger partial charge in [0.05, 0.1) is 5.02 Å². The smallest absolute Gasteiger partial charge is 0.291 e. The number of fused-ring (bicyclic) bond motifs is 2. The molecule has 1 amide bonds. The van der Waals surface area contributed by atoms with Gasteiger partial charge in [0.25, 0.3) is 5.91 Å². The van der Waals surface area contributed by atoms with Gasteiger partial charge in [-0.2, -0.15) is 0 Å². The highest BCUT2D eigenvalue weighted by Crippen LogP contribution is 2.32. The molecule has 2 aromatic carbocycles. The lowest BCUT2D eigenvalue weighted by Gasteiger charge is -2.11. The summed E-state index contributed by atoms with van der Waals surface area (Å²) in [5, 5.41) is 12.7. The Hall–Kier alpha value is -3.19. The van der Waals surface area contributed by atoms with E-state index < -0.39 is 5.91 Å². The predicted molar refractivity (Wildman–Crippen MR) is 117 cm³/mol. The highest BCUT2D eigenvalue weighted by atomic mass is 35.5. The summed E-state index contributed by atoms with van der Waals surface area (Å²) >= 11 is 6.47. The first-order chi connectivity index (χ1) is 15.0. The van der Waals surface area contributed by atoms with Gasteiger partial charge in [-0.1, -0.05) is 18.0 Å². The number of aromatic nitrogens is 3. The van der Waals surface area contributed by atoms with Crippen LogP contribution >= 0.6 is 11.6 Å². The first-order valence-electron chi connectivity index (χ1n) is 10.2. The second-order valence-electron chi connectivity index (χ2n) is 7.75. The van der Waals surface area contributed by atoms with Crippen molar-refractivity contribution < 1.29 is 13.6 Å². The van der Waals surface area contributed by atoms with Crippen molar-refractivity contribution in [3.8, 4) is 11.4 Å². The molecule has 31 heavy (non-hydrogen) atoms. The van der Waals surface area contributed by atoms with E-state index in [1.165, 1.54) is 18.2 Å². The lowest BCUT2D eigenvalue weighted by atomic mass is 10.1. The normalized spacial score (nSPS) is 13.8. The average molecular weight is 439 g/mol. The van der Waals surface area contributed by atoms with Gasteiger partial charge in [-0.25, -0.2) is 4.39 Å². The van der Waals surface area contributed by atoms with Crippen LogP contribution in [0.5, 0.6) is 0 Å². The van der Waals surface area contributed by atoms with Crippen LogP contribution < -0.4 is 5.32 Å². The van der Waals surface area contributed by atoms with Gasteiger partial charge < -0.3 is 14.3 Å². The molecule has 158 valence electrons. The minimum absolute atomic E-state index is 0.147. The van der Waals surface area contributed by atoms with Gasteiger partial charge in [-0.05, 0) is 56.2 Å². The van der Waals surface area contributed by atoms with Crippen LogP contribution in [0.4, 0.5) is 10.1 Å². The van der Waals surface area contributed by atoms with Crippen LogP contribution in [-0.2, 0) is 13.0 Å². The maximum Gasteiger partial charge on any atom is 0.291 e. The van der Waals surface area contributed by atoms with Gasteiger partial charge in [-0.3, -0.25) is 4.79 Å². The molecule has 0 radical (unpaired) electrons. The summed E-state index contributed by atoms with van der Waals surface area (Å²) < 4.78 is 21.3. The molecule has 0 unspecified atom stereocenters. The van der Waals surface area contributed by atoms with Gasteiger partial charge in [0.2, 0.25) is 0 Å². The molecule has 5 rings (SSSR count). The number of benzene rings is 2. The number of furan rings is 1. The topological polar surface area (TPSA) is 73.0 Å². The van der Waals surface area contributed by atoms with E-state index in [-0.39, 0.29) is 11.6 Å². The molecule has 8 heteroatoms. The largest absolute Gasteiger partial charge is 0.451 e. The van der Waals surface area contributed by atoms with Crippen molar-refractivity contribution in [1.29, 1.82) is 0 Å². The fourth-order valence-electron chi connectivity index (χ4n) is 4.06. The van der Waals surface area contributed by atoms with E-state index in [2.05, 4.69) is 20.1 Å². The second-order valence-corrected chi connectivity index (χ2v) is 8.15.